The summed E-state index contributed by atoms with van der Waals surface area (Å²) < 4.78 is 0. The van der Waals surface area contributed by atoms with Crippen molar-refractivity contribution in [2.75, 3.05) is 56.0 Å². The van der Waals surface area contributed by atoms with E-state index in [9.17, 15) is 19.5 Å². The lowest BCUT2D eigenvalue weighted by molar-refractivity contribution is -0.132. The Morgan fingerprint density at radius 1 is 1.07 bits per heavy atom. The van der Waals surface area contributed by atoms with Gasteiger partial charge in [0.1, 0.15) is 0 Å². The predicted octanol–water partition coefficient (Wildman–Crippen LogP) is 2.50. The summed E-state index contributed by atoms with van der Waals surface area (Å²) in [4.78, 5) is 42.1. The fourth-order valence-electron chi connectivity index (χ4n) is 3.60. The van der Waals surface area contributed by atoms with E-state index in [0.717, 1.165) is 31.6 Å². The van der Waals surface area contributed by atoms with Gasteiger partial charge in [-0.15, -0.1) is 0 Å². The van der Waals surface area contributed by atoms with Gasteiger partial charge in [0, 0.05) is 51.4 Å². The molecule has 30 heavy (non-hydrogen) atoms. The number of hydrogen-bond donors (Lipinski definition) is 2. The number of carboxylic acid groups (broad SMARTS) is 1. The van der Waals surface area contributed by atoms with Gasteiger partial charge in [0.2, 0.25) is 11.8 Å². The molecule has 2 rings (SSSR count). The highest BCUT2D eigenvalue weighted by Gasteiger charge is 2.22. The van der Waals surface area contributed by atoms with Gasteiger partial charge in [0.15, 0.2) is 0 Å². The lowest BCUT2D eigenvalue weighted by atomic mass is 10.1. The van der Waals surface area contributed by atoms with Gasteiger partial charge in [-0.3, -0.25) is 14.5 Å². The number of unbranched alkanes of at least 4 members (excludes halogenated alkanes) is 1. The molecule has 1 aliphatic rings. The number of carboxylic acids is 1. The summed E-state index contributed by atoms with van der Waals surface area (Å²) >= 11 is 0. The molecule has 0 radical (unpaired) electrons. The minimum absolute atomic E-state index is 0.0940. The van der Waals surface area contributed by atoms with Gasteiger partial charge in [-0.25, -0.2) is 4.79 Å². The van der Waals surface area contributed by atoms with Gasteiger partial charge in [-0.1, -0.05) is 13.3 Å². The van der Waals surface area contributed by atoms with E-state index in [-0.39, 0.29) is 17.4 Å². The summed E-state index contributed by atoms with van der Waals surface area (Å²) in [7, 11) is 0. The molecular formula is C22H34N4O4. The first-order valence-corrected chi connectivity index (χ1v) is 10.8. The molecule has 0 saturated carbocycles. The maximum atomic E-state index is 12.3. The summed E-state index contributed by atoms with van der Waals surface area (Å²) in [6.07, 6.45) is 2.06. The van der Waals surface area contributed by atoms with Crippen LogP contribution in [0.5, 0.6) is 0 Å². The number of anilines is 2. The van der Waals surface area contributed by atoms with E-state index < -0.39 is 5.97 Å². The smallest absolute Gasteiger partial charge is 0.337 e. The lowest BCUT2D eigenvalue weighted by Crippen LogP contribution is -2.50. The molecule has 0 spiro atoms. The maximum Gasteiger partial charge on any atom is 0.337 e. The molecule has 1 fully saturated rings. The maximum absolute atomic E-state index is 12.3. The van der Waals surface area contributed by atoms with E-state index >= 15 is 0 Å². The second-order valence-corrected chi connectivity index (χ2v) is 7.52. The van der Waals surface area contributed by atoms with Gasteiger partial charge in [0.25, 0.3) is 0 Å². The first kappa shape index (κ1) is 23.7. The quantitative estimate of drug-likeness (QED) is 0.606. The summed E-state index contributed by atoms with van der Waals surface area (Å²) in [5.41, 5.74) is 1.24. The highest BCUT2D eigenvalue weighted by molar-refractivity contribution is 6.01. The molecule has 1 aliphatic heterocycles. The molecule has 1 aromatic rings. The number of likely N-dealkylation sites (N-methyl/N-ethyl adjacent to an activating group) is 1. The largest absolute Gasteiger partial charge is 0.478 e. The Labute approximate surface area is 178 Å². The van der Waals surface area contributed by atoms with Crippen LogP contribution in [0.3, 0.4) is 0 Å². The van der Waals surface area contributed by atoms with Crippen molar-refractivity contribution in [1.29, 1.82) is 0 Å². The number of piperazine rings is 1. The molecule has 0 aromatic heterocycles. The minimum atomic E-state index is -1.06. The number of amides is 2. The molecule has 1 aromatic carbocycles. The minimum Gasteiger partial charge on any atom is -0.478 e. The molecule has 0 unspecified atom stereocenters. The van der Waals surface area contributed by atoms with E-state index in [1.54, 1.807) is 12.1 Å². The second-order valence-electron chi connectivity index (χ2n) is 7.52. The molecule has 1 heterocycles. The van der Waals surface area contributed by atoms with Crippen LogP contribution in [0.2, 0.25) is 0 Å². The zero-order chi connectivity index (χ0) is 22.1. The van der Waals surface area contributed by atoms with Crippen LogP contribution in [-0.4, -0.2) is 78.5 Å². The average molecular weight is 419 g/mol. The van der Waals surface area contributed by atoms with E-state index in [2.05, 4.69) is 15.1 Å². The van der Waals surface area contributed by atoms with Crippen molar-refractivity contribution in [3.63, 3.8) is 0 Å². The third-order valence-electron chi connectivity index (χ3n) is 5.48. The Bertz CT molecular complexity index is 741. The summed E-state index contributed by atoms with van der Waals surface area (Å²) in [6, 6.07) is 5.13. The normalized spacial score (nSPS) is 14.4. The van der Waals surface area contributed by atoms with Gasteiger partial charge in [-0.2, -0.15) is 0 Å². The lowest BCUT2D eigenvalue weighted by Gasteiger charge is -2.36. The zero-order valence-electron chi connectivity index (χ0n) is 18.3. The Hall–Kier alpha value is -2.61. The predicted molar refractivity (Wildman–Crippen MR) is 118 cm³/mol. The standard InChI is InChI=1S/C22H34N4O4/c1-4-7-8-20(27)23-19-10-9-17(15-18(19)22(29)30)26-13-11-24(12-14-26)16-21(28)25(5-2)6-3/h9-10,15H,4-8,11-14,16H2,1-3H3,(H,23,27)(H,29,30). The number of nitrogens with one attached hydrogen (secondary N) is 1. The summed E-state index contributed by atoms with van der Waals surface area (Å²) in [5, 5.41) is 12.3. The third-order valence-corrected chi connectivity index (χ3v) is 5.48. The van der Waals surface area contributed by atoms with E-state index in [1.807, 2.05) is 31.7 Å². The van der Waals surface area contributed by atoms with Crippen LogP contribution in [0.25, 0.3) is 0 Å². The van der Waals surface area contributed by atoms with Crippen molar-refractivity contribution >= 4 is 29.2 Å². The number of rotatable bonds is 10. The first-order chi connectivity index (χ1) is 14.4. The number of hydrogen-bond acceptors (Lipinski definition) is 5. The Balaban J connectivity index is 2.00. The number of carbonyl (C=O) groups excluding carboxylic acids is 2. The Morgan fingerprint density at radius 2 is 1.73 bits per heavy atom. The first-order valence-electron chi connectivity index (χ1n) is 10.8. The van der Waals surface area contributed by atoms with Gasteiger partial charge in [0.05, 0.1) is 17.8 Å². The Morgan fingerprint density at radius 3 is 2.30 bits per heavy atom. The third kappa shape index (κ3) is 6.45. The van der Waals surface area contributed by atoms with Crippen LogP contribution < -0.4 is 10.2 Å². The molecular weight excluding hydrogens is 384 g/mol. The second kappa shape index (κ2) is 11.5. The van der Waals surface area contributed by atoms with Crippen LogP contribution >= 0.6 is 0 Å². The average Bonchev–Trinajstić information content (AvgIpc) is 2.74. The molecule has 8 nitrogen and oxygen atoms in total. The summed E-state index contributed by atoms with van der Waals surface area (Å²) in [5.74, 6) is -1.09. The SMILES string of the molecule is CCCCC(=O)Nc1ccc(N2CCN(CC(=O)N(CC)CC)CC2)cc1C(=O)O. The van der Waals surface area contributed by atoms with Gasteiger partial charge >= 0.3 is 5.97 Å². The molecule has 0 aliphatic carbocycles. The fraction of sp³-hybridized carbons (Fsp3) is 0.591. The van der Waals surface area contributed by atoms with Crippen molar-refractivity contribution < 1.29 is 19.5 Å². The summed E-state index contributed by atoms with van der Waals surface area (Å²) in [6.45, 7) is 10.7. The van der Waals surface area contributed by atoms with Crippen LogP contribution in [-0.2, 0) is 9.59 Å². The number of benzene rings is 1. The molecule has 0 bridgehead atoms. The van der Waals surface area contributed by atoms with Gasteiger partial charge in [-0.05, 0) is 38.5 Å². The van der Waals surface area contributed by atoms with Crippen molar-refractivity contribution in [2.24, 2.45) is 0 Å². The van der Waals surface area contributed by atoms with Crippen molar-refractivity contribution in [2.45, 2.75) is 40.0 Å². The van der Waals surface area contributed by atoms with Crippen LogP contribution in [0, 0.1) is 0 Å². The van der Waals surface area contributed by atoms with Crippen molar-refractivity contribution in [3.8, 4) is 0 Å². The highest BCUT2D eigenvalue weighted by Crippen LogP contribution is 2.25. The number of nitrogens with zero attached hydrogens (tertiary/aromatic N) is 3. The number of aromatic carboxylic acids is 1. The molecule has 166 valence electrons. The topological polar surface area (TPSA) is 93.2 Å². The van der Waals surface area contributed by atoms with Gasteiger partial charge < -0.3 is 20.2 Å². The van der Waals surface area contributed by atoms with Crippen molar-refractivity contribution in [1.82, 2.24) is 9.80 Å². The zero-order valence-corrected chi connectivity index (χ0v) is 18.3. The van der Waals surface area contributed by atoms with E-state index in [1.165, 1.54) is 0 Å². The molecule has 0 atom stereocenters. The van der Waals surface area contributed by atoms with Crippen LogP contribution in [0.1, 0.15) is 50.4 Å². The molecule has 8 heteroatoms. The highest BCUT2D eigenvalue weighted by atomic mass is 16.4. The molecule has 1 saturated heterocycles. The number of carbonyl (C=O) groups is 3. The van der Waals surface area contributed by atoms with Crippen LogP contribution in [0.4, 0.5) is 11.4 Å². The van der Waals surface area contributed by atoms with Crippen LogP contribution in [0.15, 0.2) is 18.2 Å². The van der Waals surface area contributed by atoms with E-state index in [0.29, 0.717) is 44.8 Å². The van der Waals surface area contributed by atoms with Crippen molar-refractivity contribution in [3.05, 3.63) is 23.8 Å². The fourth-order valence-corrected chi connectivity index (χ4v) is 3.60. The molecule has 2 N–H and O–H groups in total. The monoisotopic (exact) mass is 418 g/mol. The Kier molecular flexibility index (Phi) is 9.11. The van der Waals surface area contributed by atoms with E-state index in [4.69, 9.17) is 0 Å². The molecule has 2 amide bonds.